The quantitative estimate of drug-likeness (QED) is 0.682. The minimum atomic E-state index is -0.274. The molecule has 0 bridgehead atoms. The maximum Gasteiger partial charge on any atom is 0.261 e. The Hall–Kier alpha value is -2.87. The van der Waals surface area contributed by atoms with Gasteiger partial charge in [0, 0.05) is 10.9 Å². The number of tetrazole rings is 1. The fourth-order valence-corrected chi connectivity index (χ4v) is 3.11. The number of imide groups is 1. The number of hydrogen-bond acceptors (Lipinski definition) is 6. The van der Waals surface area contributed by atoms with Gasteiger partial charge in [0.05, 0.1) is 24.2 Å². The van der Waals surface area contributed by atoms with Gasteiger partial charge in [-0.2, -0.15) is 16.1 Å². The number of carbonyl (C=O) groups is 2. The van der Waals surface area contributed by atoms with Crippen LogP contribution in [0.2, 0.25) is 0 Å². The highest BCUT2D eigenvalue weighted by Crippen LogP contribution is 2.22. The number of thiophene rings is 1. The van der Waals surface area contributed by atoms with Crippen LogP contribution in [0.15, 0.2) is 41.1 Å². The van der Waals surface area contributed by atoms with Gasteiger partial charge in [-0.25, -0.2) is 0 Å². The molecule has 1 aliphatic rings. The first-order valence-corrected chi connectivity index (χ1v) is 7.94. The van der Waals surface area contributed by atoms with Gasteiger partial charge in [0.2, 0.25) is 5.82 Å². The van der Waals surface area contributed by atoms with Crippen molar-refractivity contribution in [3.63, 3.8) is 0 Å². The Bertz CT molecular complexity index is 852. The summed E-state index contributed by atoms with van der Waals surface area (Å²) in [4.78, 5) is 27.1. The van der Waals surface area contributed by atoms with Gasteiger partial charge >= 0.3 is 0 Å². The molecule has 4 rings (SSSR count). The van der Waals surface area contributed by atoms with Crippen LogP contribution in [0.4, 0.5) is 0 Å². The van der Waals surface area contributed by atoms with Crippen LogP contribution in [-0.2, 0) is 6.54 Å². The minimum Gasteiger partial charge on any atom is -0.272 e. The van der Waals surface area contributed by atoms with E-state index in [4.69, 9.17) is 0 Å². The lowest BCUT2D eigenvalue weighted by molar-refractivity contribution is 0.0645. The van der Waals surface area contributed by atoms with E-state index < -0.39 is 0 Å². The van der Waals surface area contributed by atoms with Crippen molar-refractivity contribution in [2.45, 2.75) is 6.54 Å². The largest absolute Gasteiger partial charge is 0.272 e. The van der Waals surface area contributed by atoms with E-state index in [0.29, 0.717) is 23.5 Å². The van der Waals surface area contributed by atoms with Crippen molar-refractivity contribution in [2.75, 3.05) is 6.54 Å². The topological polar surface area (TPSA) is 81.0 Å². The molecule has 0 radical (unpaired) electrons. The molecule has 3 heterocycles. The second-order valence-electron chi connectivity index (χ2n) is 5.03. The molecular weight excluding hydrogens is 314 g/mol. The first kappa shape index (κ1) is 13.8. The standard InChI is InChI=1S/C15H11N5O2S/c21-14-11-3-1-2-4-12(11)15(22)19(14)6-7-20-17-13(16-18-20)10-5-8-23-9-10/h1-5,8-9H,6-7H2. The molecule has 0 atom stereocenters. The highest BCUT2D eigenvalue weighted by atomic mass is 32.1. The summed E-state index contributed by atoms with van der Waals surface area (Å²) in [6.45, 7) is 0.522. The van der Waals surface area contributed by atoms with Crippen molar-refractivity contribution in [2.24, 2.45) is 0 Å². The van der Waals surface area contributed by atoms with E-state index in [2.05, 4.69) is 15.4 Å². The SMILES string of the molecule is O=C1c2ccccc2C(=O)N1CCn1nnc(-c2ccsc2)n1. The number of amides is 2. The zero-order valence-corrected chi connectivity index (χ0v) is 12.7. The number of hydrogen-bond donors (Lipinski definition) is 0. The number of nitrogens with zero attached hydrogens (tertiary/aromatic N) is 5. The summed E-state index contributed by atoms with van der Waals surface area (Å²) in [6, 6.07) is 8.74. The number of benzene rings is 1. The molecule has 0 aliphatic carbocycles. The summed E-state index contributed by atoms with van der Waals surface area (Å²) in [7, 11) is 0. The molecule has 0 fully saturated rings. The van der Waals surface area contributed by atoms with Crippen molar-refractivity contribution >= 4 is 23.2 Å². The normalized spacial score (nSPS) is 13.7. The number of aromatic nitrogens is 4. The number of fused-ring (bicyclic) bond motifs is 1. The van der Waals surface area contributed by atoms with E-state index in [0.717, 1.165) is 5.56 Å². The molecule has 7 nitrogen and oxygen atoms in total. The molecule has 3 aromatic rings. The monoisotopic (exact) mass is 325 g/mol. The van der Waals surface area contributed by atoms with Crippen LogP contribution in [0, 0.1) is 0 Å². The maximum atomic E-state index is 12.3. The van der Waals surface area contributed by atoms with Crippen molar-refractivity contribution in [3.05, 3.63) is 52.2 Å². The van der Waals surface area contributed by atoms with Crippen LogP contribution in [-0.4, -0.2) is 43.5 Å². The zero-order valence-electron chi connectivity index (χ0n) is 11.9. The fourth-order valence-electron chi connectivity index (χ4n) is 2.48. The number of carbonyl (C=O) groups excluding carboxylic acids is 2. The highest BCUT2D eigenvalue weighted by Gasteiger charge is 2.34. The summed E-state index contributed by atoms with van der Waals surface area (Å²) in [5.41, 5.74) is 1.80. The molecule has 23 heavy (non-hydrogen) atoms. The lowest BCUT2D eigenvalue weighted by atomic mass is 10.1. The van der Waals surface area contributed by atoms with E-state index in [1.165, 1.54) is 9.70 Å². The molecule has 0 saturated heterocycles. The van der Waals surface area contributed by atoms with Gasteiger partial charge in [0.15, 0.2) is 0 Å². The average molecular weight is 325 g/mol. The Balaban J connectivity index is 1.48. The Morgan fingerprint density at radius 2 is 1.74 bits per heavy atom. The van der Waals surface area contributed by atoms with Crippen LogP contribution in [0.5, 0.6) is 0 Å². The van der Waals surface area contributed by atoms with Gasteiger partial charge < -0.3 is 0 Å². The molecule has 8 heteroatoms. The third-order valence-electron chi connectivity index (χ3n) is 3.63. The summed E-state index contributed by atoms with van der Waals surface area (Å²) in [6.07, 6.45) is 0. The average Bonchev–Trinajstić information content (AvgIpc) is 3.29. The van der Waals surface area contributed by atoms with Crippen LogP contribution < -0.4 is 0 Å². The number of rotatable bonds is 4. The van der Waals surface area contributed by atoms with Crippen molar-refractivity contribution in [3.8, 4) is 11.4 Å². The van der Waals surface area contributed by atoms with Gasteiger partial charge in [-0.05, 0) is 28.8 Å². The van der Waals surface area contributed by atoms with E-state index in [-0.39, 0.29) is 18.4 Å². The first-order chi connectivity index (χ1) is 11.2. The van der Waals surface area contributed by atoms with E-state index in [1.807, 2.05) is 16.8 Å². The molecule has 0 saturated carbocycles. The molecule has 1 aromatic carbocycles. The molecule has 1 aliphatic heterocycles. The van der Waals surface area contributed by atoms with Crippen molar-refractivity contribution < 1.29 is 9.59 Å². The van der Waals surface area contributed by atoms with Crippen molar-refractivity contribution in [1.29, 1.82) is 0 Å². The van der Waals surface area contributed by atoms with Gasteiger partial charge in [-0.15, -0.1) is 10.2 Å². The van der Waals surface area contributed by atoms with Crippen LogP contribution in [0.1, 0.15) is 20.7 Å². The van der Waals surface area contributed by atoms with E-state index >= 15 is 0 Å². The minimum absolute atomic E-state index is 0.214. The van der Waals surface area contributed by atoms with Crippen LogP contribution in [0.3, 0.4) is 0 Å². The summed E-state index contributed by atoms with van der Waals surface area (Å²) >= 11 is 1.56. The predicted octanol–water partition coefficient (Wildman–Crippen LogP) is 1.70. The van der Waals surface area contributed by atoms with Crippen LogP contribution in [0.25, 0.3) is 11.4 Å². The third-order valence-corrected chi connectivity index (χ3v) is 4.32. The van der Waals surface area contributed by atoms with Gasteiger partial charge in [-0.3, -0.25) is 14.5 Å². The predicted molar refractivity (Wildman–Crippen MR) is 82.9 cm³/mol. The first-order valence-electron chi connectivity index (χ1n) is 6.99. The van der Waals surface area contributed by atoms with Gasteiger partial charge in [0.25, 0.3) is 11.8 Å². The Kier molecular flexibility index (Phi) is 3.23. The molecule has 0 unspecified atom stereocenters. The maximum absolute atomic E-state index is 12.3. The summed E-state index contributed by atoms with van der Waals surface area (Å²) in [5.74, 6) is -0.0128. The van der Waals surface area contributed by atoms with E-state index in [9.17, 15) is 9.59 Å². The molecule has 2 aromatic heterocycles. The van der Waals surface area contributed by atoms with Gasteiger partial charge in [0.1, 0.15) is 0 Å². The van der Waals surface area contributed by atoms with Crippen molar-refractivity contribution in [1.82, 2.24) is 25.1 Å². The smallest absolute Gasteiger partial charge is 0.261 e. The Labute approximate surface area is 135 Å². The summed E-state index contributed by atoms with van der Waals surface area (Å²) in [5, 5.41) is 16.1. The lowest BCUT2D eigenvalue weighted by Crippen LogP contribution is -2.33. The molecule has 0 spiro atoms. The van der Waals surface area contributed by atoms with E-state index in [1.54, 1.807) is 35.6 Å². The summed E-state index contributed by atoms with van der Waals surface area (Å²) < 4.78 is 0. The Morgan fingerprint density at radius 1 is 1.00 bits per heavy atom. The highest BCUT2D eigenvalue weighted by molar-refractivity contribution is 7.08. The second-order valence-corrected chi connectivity index (χ2v) is 5.81. The lowest BCUT2D eigenvalue weighted by Gasteiger charge is -2.12. The zero-order chi connectivity index (χ0) is 15.8. The third kappa shape index (κ3) is 2.33. The molecule has 2 amide bonds. The van der Waals surface area contributed by atoms with Crippen LogP contribution >= 0.6 is 11.3 Å². The van der Waals surface area contributed by atoms with Gasteiger partial charge in [-0.1, -0.05) is 12.1 Å². The molecular formula is C15H11N5O2S. The second kappa shape index (κ2) is 5.40. The molecule has 0 N–H and O–H groups in total. The Morgan fingerprint density at radius 3 is 2.39 bits per heavy atom. The molecule has 114 valence electrons. The fraction of sp³-hybridized carbons (Fsp3) is 0.133.